The summed E-state index contributed by atoms with van der Waals surface area (Å²) < 4.78 is 10.3. The molecule has 25 heavy (non-hydrogen) atoms. The van der Waals surface area contributed by atoms with Crippen molar-refractivity contribution in [2.45, 2.75) is 19.9 Å². The number of hydrogen-bond donors (Lipinski definition) is 3. The molecule has 2 amide bonds. The molecule has 1 aromatic rings. The maximum Gasteiger partial charge on any atom is 0.338 e. The van der Waals surface area contributed by atoms with Gasteiger partial charge in [-0.1, -0.05) is 23.8 Å². The second-order valence-corrected chi connectivity index (χ2v) is 5.70. The van der Waals surface area contributed by atoms with Crippen LogP contribution in [0.15, 0.2) is 35.6 Å². The largest absolute Gasteiger partial charge is 0.503 e. The standard InChI is InChI=1S/C17H19ClN2O5/c1-4-5-6-25-16(22)13-9(2)19-17(23)20-14(13)10-7-11(18)15(21)12(8-10)24-3/h4-5,7-8,14,21H,6H2,1-3H3,(H2,19,20,23)/b5-4+/t14-/m0/s1. The highest BCUT2D eigenvalue weighted by molar-refractivity contribution is 6.32. The molecule has 0 saturated heterocycles. The number of benzene rings is 1. The molecule has 3 N–H and O–H groups in total. The third-order valence-electron chi connectivity index (χ3n) is 3.64. The first-order valence-corrected chi connectivity index (χ1v) is 7.89. The molecule has 1 heterocycles. The zero-order valence-electron chi connectivity index (χ0n) is 14.1. The number of amides is 2. The van der Waals surface area contributed by atoms with Crippen molar-refractivity contribution in [2.75, 3.05) is 13.7 Å². The Morgan fingerprint density at radius 1 is 1.44 bits per heavy atom. The second kappa shape index (κ2) is 7.94. The van der Waals surface area contributed by atoms with E-state index in [0.29, 0.717) is 11.3 Å². The maximum absolute atomic E-state index is 12.5. The first-order valence-electron chi connectivity index (χ1n) is 7.52. The van der Waals surface area contributed by atoms with Gasteiger partial charge in [-0.25, -0.2) is 9.59 Å². The number of nitrogens with one attached hydrogen (secondary N) is 2. The van der Waals surface area contributed by atoms with Crippen LogP contribution in [0, 0.1) is 0 Å². The number of hydrogen-bond acceptors (Lipinski definition) is 5. The molecule has 1 atom stereocenters. The summed E-state index contributed by atoms with van der Waals surface area (Å²) in [4.78, 5) is 24.3. The van der Waals surface area contributed by atoms with Gasteiger partial charge < -0.3 is 25.2 Å². The van der Waals surface area contributed by atoms with E-state index in [1.54, 1.807) is 19.1 Å². The van der Waals surface area contributed by atoms with Gasteiger partial charge in [-0.05, 0) is 31.5 Å². The molecular weight excluding hydrogens is 348 g/mol. The Morgan fingerprint density at radius 3 is 2.80 bits per heavy atom. The number of carbonyl (C=O) groups excluding carboxylic acids is 2. The number of phenolic OH excluding ortho intramolecular Hbond substituents is 1. The molecule has 2 rings (SSSR count). The summed E-state index contributed by atoms with van der Waals surface area (Å²) in [6, 6.07) is 1.71. The minimum absolute atomic E-state index is 0.0430. The average Bonchev–Trinajstić information content (AvgIpc) is 2.56. The average molecular weight is 367 g/mol. The molecule has 0 radical (unpaired) electrons. The number of urea groups is 1. The lowest BCUT2D eigenvalue weighted by atomic mass is 9.95. The number of rotatable bonds is 5. The van der Waals surface area contributed by atoms with E-state index >= 15 is 0 Å². The van der Waals surface area contributed by atoms with E-state index in [1.165, 1.54) is 19.2 Å². The van der Waals surface area contributed by atoms with Gasteiger partial charge in [-0.15, -0.1) is 0 Å². The Morgan fingerprint density at radius 2 is 2.16 bits per heavy atom. The summed E-state index contributed by atoms with van der Waals surface area (Å²) in [6.45, 7) is 3.54. The molecule has 8 heteroatoms. The Balaban J connectivity index is 2.45. The summed E-state index contributed by atoms with van der Waals surface area (Å²) in [7, 11) is 1.38. The van der Waals surface area contributed by atoms with E-state index < -0.39 is 18.0 Å². The van der Waals surface area contributed by atoms with Crippen LogP contribution in [0.4, 0.5) is 4.79 Å². The van der Waals surface area contributed by atoms with Crippen LogP contribution in [0.1, 0.15) is 25.5 Å². The molecular formula is C17H19ClN2O5. The van der Waals surface area contributed by atoms with Crippen molar-refractivity contribution in [3.8, 4) is 11.5 Å². The highest BCUT2D eigenvalue weighted by Gasteiger charge is 2.33. The Hall–Kier alpha value is -2.67. The van der Waals surface area contributed by atoms with Crippen LogP contribution in [0.25, 0.3) is 0 Å². The fourth-order valence-electron chi connectivity index (χ4n) is 2.43. The predicted octanol–water partition coefficient (Wildman–Crippen LogP) is 2.80. The van der Waals surface area contributed by atoms with Gasteiger partial charge in [0.05, 0.1) is 23.7 Å². The third-order valence-corrected chi connectivity index (χ3v) is 3.93. The van der Waals surface area contributed by atoms with Gasteiger partial charge >= 0.3 is 12.0 Å². The molecule has 1 aliphatic heterocycles. The summed E-state index contributed by atoms with van der Waals surface area (Å²) in [5.41, 5.74) is 1.10. The summed E-state index contributed by atoms with van der Waals surface area (Å²) in [5.74, 6) is -0.656. The van der Waals surface area contributed by atoms with Crippen LogP contribution in [0.3, 0.4) is 0 Å². The molecule has 0 fully saturated rings. The van der Waals surface area contributed by atoms with Gasteiger partial charge in [0.2, 0.25) is 0 Å². The first-order chi connectivity index (χ1) is 11.9. The molecule has 134 valence electrons. The predicted molar refractivity (Wildman–Crippen MR) is 92.6 cm³/mol. The van der Waals surface area contributed by atoms with Crippen molar-refractivity contribution in [1.29, 1.82) is 0 Å². The number of ether oxygens (including phenoxy) is 2. The molecule has 0 unspecified atom stereocenters. The van der Waals surface area contributed by atoms with Crippen LogP contribution in [0.5, 0.6) is 11.5 Å². The lowest BCUT2D eigenvalue weighted by Crippen LogP contribution is -2.45. The lowest BCUT2D eigenvalue weighted by molar-refractivity contribution is -0.138. The molecule has 0 bridgehead atoms. The van der Waals surface area contributed by atoms with Crippen LogP contribution < -0.4 is 15.4 Å². The van der Waals surface area contributed by atoms with Gasteiger partial charge in [-0.3, -0.25) is 0 Å². The SMILES string of the molecule is C/C=C/COC(=O)C1=C(C)NC(=O)N[C@H]1c1cc(Cl)c(O)c(OC)c1. The highest BCUT2D eigenvalue weighted by Crippen LogP contribution is 2.39. The summed E-state index contributed by atoms with van der Waals surface area (Å²) in [5, 5.41) is 15.1. The van der Waals surface area contributed by atoms with Crippen molar-refractivity contribution in [3.05, 3.63) is 46.1 Å². The molecule has 0 saturated carbocycles. The fourth-order valence-corrected chi connectivity index (χ4v) is 2.65. The second-order valence-electron chi connectivity index (χ2n) is 5.29. The van der Waals surface area contributed by atoms with Crippen molar-refractivity contribution in [1.82, 2.24) is 10.6 Å². The van der Waals surface area contributed by atoms with Gasteiger partial charge in [-0.2, -0.15) is 0 Å². The van der Waals surface area contributed by atoms with E-state index in [1.807, 2.05) is 6.92 Å². The minimum Gasteiger partial charge on any atom is -0.503 e. The van der Waals surface area contributed by atoms with Gasteiger partial charge in [0, 0.05) is 5.70 Å². The lowest BCUT2D eigenvalue weighted by Gasteiger charge is -2.28. The quantitative estimate of drug-likeness (QED) is 0.550. The van der Waals surface area contributed by atoms with E-state index in [4.69, 9.17) is 21.1 Å². The maximum atomic E-state index is 12.5. The van der Waals surface area contributed by atoms with Gasteiger partial charge in [0.15, 0.2) is 11.5 Å². The Bertz CT molecular complexity index is 758. The molecule has 1 aromatic carbocycles. The number of phenols is 1. The number of allylic oxidation sites excluding steroid dienone is 2. The molecule has 0 aromatic heterocycles. The van der Waals surface area contributed by atoms with Gasteiger partial charge in [0.1, 0.15) is 6.61 Å². The normalized spacial score (nSPS) is 17.3. The topological polar surface area (TPSA) is 96.9 Å². The number of esters is 1. The number of aromatic hydroxyl groups is 1. The number of halogens is 1. The van der Waals surface area contributed by atoms with E-state index in [9.17, 15) is 14.7 Å². The number of methoxy groups -OCH3 is 1. The minimum atomic E-state index is -0.793. The molecule has 1 aliphatic rings. The smallest absolute Gasteiger partial charge is 0.338 e. The summed E-state index contributed by atoms with van der Waals surface area (Å²) >= 11 is 6.02. The monoisotopic (exact) mass is 366 g/mol. The summed E-state index contributed by atoms with van der Waals surface area (Å²) in [6.07, 6.45) is 3.45. The molecule has 0 spiro atoms. The molecule has 7 nitrogen and oxygen atoms in total. The highest BCUT2D eigenvalue weighted by atomic mass is 35.5. The van der Waals surface area contributed by atoms with Gasteiger partial charge in [0.25, 0.3) is 0 Å². The van der Waals surface area contributed by atoms with Crippen molar-refractivity contribution < 1.29 is 24.2 Å². The van der Waals surface area contributed by atoms with E-state index in [0.717, 1.165) is 0 Å². The van der Waals surface area contributed by atoms with Crippen molar-refractivity contribution in [2.24, 2.45) is 0 Å². The van der Waals surface area contributed by atoms with E-state index in [-0.39, 0.29) is 28.7 Å². The first kappa shape index (κ1) is 18.7. The van der Waals surface area contributed by atoms with Crippen LogP contribution >= 0.6 is 11.6 Å². The molecule has 0 aliphatic carbocycles. The van der Waals surface area contributed by atoms with E-state index in [2.05, 4.69) is 10.6 Å². The Kier molecular flexibility index (Phi) is 5.93. The third kappa shape index (κ3) is 4.06. The van der Waals surface area contributed by atoms with Crippen LogP contribution in [-0.2, 0) is 9.53 Å². The van der Waals surface area contributed by atoms with Crippen molar-refractivity contribution in [3.63, 3.8) is 0 Å². The van der Waals surface area contributed by atoms with Crippen molar-refractivity contribution >= 4 is 23.6 Å². The Labute approximate surface area is 150 Å². The number of carbonyl (C=O) groups is 2. The zero-order valence-corrected chi connectivity index (χ0v) is 14.8. The van der Waals surface area contributed by atoms with Crippen LogP contribution in [0.2, 0.25) is 5.02 Å². The fraction of sp³-hybridized carbons (Fsp3) is 0.294. The zero-order chi connectivity index (χ0) is 18.6. The van der Waals surface area contributed by atoms with Crippen LogP contribution in [-0.4, -0.2) is 30.8 Å².